The molecule has 0 saturated heterocycles. The fourth-order valence-electron chi connectivity index (χ4n) is 1.08. The number of allylic oxidation sites excluding steroid dienone is 1. The molecule has 0 atom stereocenters. The Bertz CT molecular complexity index is 322. The molecule has 13 heavy (non-hydrogen) atoms. The maximum absolute atomic E-state index is 12.6. The molecule has 0 radical (unpaired) electrons. The number of nitrogens with zero attached hydrogens (tertiary/aromatic N) is 1. The highest BCUT2D eigenvalue weighted by molar-refractivity contribution is 5.72. The standard InChI is InChI=1S/C11H12FN/c1-3-11(13-4-2)9-5-7-10(12)8-6-9/h3-8H,1-2H3/b11-3-,13-4?. The number of hydrogen-bond acceptors (Lipinski definition) is 1. The van der Waals surface area contributed by atoms with E-state index >= 15 is 0 Å². The molecule has 1 aromatic carbocycles. The van der Waals surface area contributed by atoms with E-state index < -0.39 is 0 Å². The monoisotopic (exact) mass is 177 g/mol. The van der Waals surface area contributed by atoms with Gasteiger partial charge in [0.1, 0.15) is 5.82 Å². The van der Waals surface area contributed by atoms with Crippen LogP contribution in [-0.4, -0.2) is 6.21 Å². The van der Waals surface area contributed by atoms with Gasteiger partial charge in [0, 0.05) is 6.21 Å². The quantitative estimate of drug-likeness (QED) is 0.615. The largest absolute Gasteiger partial charge is 0.261 e. The number of aliphatic imine (C=N–C) groups is 1. The third kappa shape index (κ3) is 2.51. The molecule has 0 aromatic heterocycles. The lowest BCUT2D eigenvalue weighted by Crippen LogP contribution is -1.81. The Morgan fingerprint density at radius 3 is 2.31 bits per heavy atom. The zero-order valence-electron chi connectivity index (χ0n) is 7.79. The minimum Gasteiger partial charge on any atom is -0.261 e. The lowest BCUT2D eigenvalue weighted by atomic mass is 10.1. The first-order chi connectivity index (χ1) is 6.27. The smallest absolute Gasteiger partial charge is 0.123 e. The molecule has 0 aliphatic heterocycles. The van der Waals surface area contributed by atoms with Gasteiger partial charge in [0.25, 0.3) is 0 Å². The molecule has 0 spiro atoms. The van der Waals surface area contributed by atoms with Gasteiger partial charge < -0.3 is 0 Å². The van der Waals surface area contributed by atoms with Crippen LogP contribution in [-0.2, 0) is 0 Å². The maximum Gasteiger partial charge on any atom is 0.123 e. The number of halogens is 1. The molecule has 0 saturated carbocycles. The van der Waals surface area contributed by atoms with Crippen molar-refractivity contribution in [3.8, 4) is 0 Å². The lowest BCUT2D eigenvalue weighted by molar-refractivity contribution is 0.627. The second kappa shape index (κ2) is 4.55. The minimum atomic E-state index is -0.223. The third-order valence-corrected chi connectivity index (χ3v) is 1.68. The van der Waals surface area contributed by atoms with Gasteiger partial charge >= 0.3 is 0 Å². The van der Waals surface area contributed by atoms with Crippen molar-refractivity contribution in [1.82, 2.24) is 0 Å². The zero-order chi connectivity index (χ0) is 9.68. The maximum atomic E-state index is 12.6. The van der Waals surface area contributed by atoms with E-state index in [0.717, 1.165) is 11.3 Å². The van der Waals surface area contributed by atoms with Crippen molar-refractivity contribution >= 4 is 11.9 Å². The van der Waals surface area contributed by atoms with Crippen LogP contribution in [0.25, 0.3) is 5.70 Å². The minimum absolute atomic E-state index is 0.223. The molecular weight excluding hydrogens is 165 g/mol. The number of benzene rings is 1. The van der Waals surface area contributed by atoms with Crippen molar-refractivity contribution in [3.05, 3.63) is 41.7 Å². The van der Waals surface area contributed by atoms with Crippen molar-refractivity contribution in [2.24, 2.45) is 4.99 Å². The van der Waals surface area contributed by atoms with Crippen LogP contribution >= 0.6 is 0 Å². The Morgan fingerprint density at radius 2 is 1.85 bits per heavy atom. The molecule has 0 aliphatic rings. The zero-order valence-corrected chi connectivity index (χ0v) is 7.79. The fourth-order valence-corrected chi connectivity index (χ4v) is 1.08. The molecule has 68 valence electrons. The van der Waals surface area contributed by atoms with Crippen molar-refractivity contribution < 1.29 is 4.39 Å². The van der Waals surface area contributed by atoms with Gasteiger partial charge in [-0.05, 0) is 43.7 Å². The number of rotatable bonds is 2. The molecule has 0 N–H and O–H groups in total. The molecular formula is C11H12FN. The van der Waals surface area contributed by atoms with Crippen molar-refractivity contribution in [3.63, 3.8) is 0 Å². The Hall–Kier alpha value is -1.44. The highest BCUT2D eigenvalue weighted by atomic mass is 19.1. The van der Waals surface area contributed by atoms with Crippen LogP contribution in [0.5, 0.6) is 0 Å². The van der Waals surface area contributed by atoms with E-state index in [0.29, 0.717) is 0 Å². The van der Waals surface area contributed by atoms with E-state index in [2.05, 4.69) is 4.99 Å². The van der Waals surface area contributed by atoms with Crippen molar-refractivity contribution in [1.29, 1.82) is 0 Å². The molecule has 0 aliphatic carbocycles. The second-order valence-corrected chi connectivity index (χ2v) is 2.57. The lowest BCUT2D eigenvalue weighted by Gasteiger charge is -1.99. The Morgan fingerprint density at radius 1 is 1.23 bits per heavy atom. The summed E-state index contributed by atoms with van der Waals surface area (Å²) in [7, 11) is 0. The van der Waals surface area contributed by atoms with Crippen LogP contribution in [0, 0.1) is 5.82 Å². The van der Waals surface area contributed by atoms with Gasteiger partial charge in [-0.1, -0.05) is 6.08 Å². The molecule has 0 amide bonds. The van der Waals surface area contributed by atoms with E-state index in [1.54, 1.807) is 18.3 Å². The van der Waals surface area contributed by atoms with Gasteiger partial charge in [0.15, 0.2) is 0 Å². The SMILES string of the molecule is CC=N/C(=C\C)c1ccc(F)cc1. The fraction of sp³-hybridized carbons (Fsp3) is 0.182. The Kier molecular flexibility index (Phi) is 3.38. The van der Waals surface area contributed by atoms with Gasteiger partial charge in [-0.25, -0.2) is 4.39 Å². The van der Waals surface area contributed by atoms with E-state index in [9.17, 15) is 4.39 Å². The van der Waals surface area contributed by atoms with E-state index in [4.69, 9.17) is 0 Å². The van der Waals surface area contributed by atoms with Crippen LogP contribution in [0.3, 0.4) is 0 Å². The molecule has 1 rings (SSSR count). The topological polar surface area (TPSA) is 12.4 Å². The van der Waals surface area contributed by atoms with E-state index in [-0.39, 0.29) is 5.82 Å². The van der Waals surface area contributed by atoms with Gasteiger partial charge in [-0.3, -0.25) is 4.99 Å². The Balaban J connectivity index is 3.00. The summed E-state index contributed by atoms with van der Waals surface area (Å²) in [5.41, 5.74) is 1.80. The summed E-state index contributed by atoms with van der Waals surface area (Å²) in [6, 6.07) is 6.31. The summed E-state index contributed by atoms with van der Waals surface area (Å²) in [5.74, 6) is -0.223. The molecule has 0 fully saturated rings. The first kappa shape index (κ1) is 9.65. The highest BCUT2D eigenvalue weighted by Crippen LogP contribution is 2.15. The summed E-state index contributed by atoms with van der Waals surface area (Å²) in [4.78, 5) is 4.16. The summed E-state index contributed by atoms with van der Waals surface area (Å²) in [5, 5.41) is 0. The second-order valence-electron chi connectivity index (χ2n) is 2.57. The average Bonchev–Trinajstić information content (AvgIpc) is 2.16. The summed E-state index contributed by atoms with van der Waals surface area (Å²) in [6.45, 7) is 3.76. The predicted octanol–water partition coefficient (Wildman–Crippen LogP) is 3.28. The third-order valence-electron chi connectivity index (χ3n) is 1.68. The normalized spacial score (nSPS) is 12.4. The van der Waals surface area contributed by atoms with Crippen LogP contribution in [0.15, 0.2) is 35.3 Å². The molecule has 0 heterocycles. The molecule has 1 nitrogen and oxygen atoms in total. The Labute approximate surface area is 77.6 Å². The summed E-state index contributed by atoms with van der Waals surface area (Å²) in [6.07, 6.45) is 3.62. The summed E-state index contributed by atoms with van der Waals surface area (Å²) < 4.78 is 12.6. The number of hydrogen-bond donors (Lipinski definition) is 0. The van der Waals surface area contributed by atoms with E-state index in [1.165, 1.54) is 12.1 Å². The molecule has 0 bridgehead atoms. The van der Waals surface area contributed by atoms with E-state index in [1.807, 2.05) is 19.9 Å². The highest BCUT2D eigenvalue weighted by Gasteiger charge is 1.97. The van der Waals surface area contributed by atoms with Crippen molar-refractivity contribution in [2.75, 3.05) is 0 Å². The average molecular weight is 177 g/mol. The molecule has 1 aromatic rings. The van der Waals surface area contributed by atoms with Gasteiger partial charge in [-0.2, -0.15) is 0 Å². The predicted molar refractivity (Wildman–Crippen MR) is 54.2 cm³/mol. The van der Waals surface area contributed by atoms with Crippen molar-refractivity contribution in [2.45, 2.75) is 13.8 Å². The first-order valence-electron chi connectivity index (χ1n) is 4.19. The first-order valence-corrected chi connectivity index (χ1v) is 4.19. The van der Waals surface area contributed by atoms with Gasteiger partial charge in [0.05, 0.1) is 5.70 Å². The van der Waals surface area contributed by atoms with Crippen LogP contribution in [0.2, 0.25) is 0 Å². The molecule has 0 unspecified atom stereocenters. The van der Waals surface area contributed by atoms with Crippen LogP contribution < -0.4 is 0 Å². The van der Waals surface area contributed by atoms with Crippen LogP contribution in [0.1, 0.15) is 19.4 Å². The van der Waals surface area contributed by atoms with Crippen LogP contribution in [0.4, 0.5) is 4.39 Å². The molecule has 2 heteroatoms. The summed E-state index contributed by atoms with van der Waals surface area (Å²) >= 11 is 0. The van der Waals surface area contributed by atoms with Gasteiger partial charge in [-0.15, -0.1) is 0 Å². The van der Waals surface area contributed by atoms with Gasteiger partial charge in [0.2, 0.25) is 0 Å².